The van der Waals surface area contributed by atoms with Crippen LogP contribution in [0.2, 0.25) is 0 Å². The first kappa shape index (κ1) is 28.0. The highest BCUT2D eigenvalue weighted by molar-refractivity contribution is 7.90. The largest absolute Gasteiger partial charge is 0.361 e. The maximum Gasteiger partial charge on any atom is 0.256 e. The Labute approximate surface area is 235 Å². The third-order valence-electron chi connectivity index (χ3n) is 8.16. The van der Waals surface area contributed by atoms with Crippen molar-refractivity contribution >= 4 is 27.9 Å². The summed E-state index contributed by atoms with van der Waals surface area (Å²) in [6.45, 7) is 5.97. The zero-order valence-corrected chi connectivity index (χ0v) is 24.1. The van der Waals surface area contributed by atoms with Gasteiger partial charge in [-0.1, -0.05) is 61.7 Å². The topological polar surface area (TPSA) is 110 Å². The van der Waals surface area contributed by atoms with E-state index in [9.17, 15) is 18.0 Å². The summed E-state index contributed by atoms with van der Waals surface area (Å²) in [7, 11) is -3.80. The number of aldehydes is 1. The Balaban J connectivity index is 1.46. The molecular weight excluding hydrogens is 526 g/mol. The average Bonchev–Trinajstić information content (AvgIpc) is 3.63. The molecule has 0 unspecified atom stereocenters. The highest BCUT2D eigenvalue weighted by Gasteiger charge is 2.49. The number of amides is 1. The van der Waals surface area contributed by atoms with Gasteiger partial charge < -0.3 is 4.52 Å². The molecule has 2 heterocycles. The predicted octanol–water partition coefficient (Wildman–Crippen LogP) is 5.99. The first-order chi connectivity index (χ1) is 19.2. The fourth-order valence-electron chi connectivity index (χ4n) is 5.75. The number of hydrogen-bond acceptors (Lipinski definition) is 7. The predicted molar refractivity (Wildman–Crippen MR) is 153 cm³/mol. The number of aryl methyl sites for hydroxylation is 1. The first-order valence-electron chi connectivity index (χ1n) is 13.9. The Hall–Kier alpha value is -3.59. The van der Waals surface area contributed by atoms with E-state index in [1.165, 1.54) is 0 Å². The number of aliphatic imine (C=N–C) groups is 1. The fraction of sp³-hybridized carbons (Fsp3) is 0.419. The standard InChI is InChI=1S/C31H35N3O5S/c1-4-5-12-29-32-31(15-8-9-16-31)30(36)34(29)18-23-13-14-25(24(17-23)19-35)26-10-6-7-11-28(26)40(37,38)20-27-21(2)22(3)39-33-27/h6-7,10-11,13-14,17,19H,4-5,8-9,12,15-16,18,20H2,1-3H3. The van der Waals surface area contributed by atoms with Gasteiger partial charge >= 0.3 is 0 Å². The van der Waals surface area contributed by atoms with Gasteiger partial charge in [0, 0.05) is 23.1 Å². The van der Waals surface area contributed by atoms with Crippen LogP contribution in [0.5, 0.6) is 0 Å². The molecule has 40 heavy (non-hydrogen) atoms. The molecule has 210 valence electrons. The number of sulfone groups is 1. The number of carbonyl (C=O) groups is 2. The molecule has 1 aliphatic heterocycles. The Morgan fingerprint density at radius 3 is 2.50 bits per heavy atom. The lowest BCUT2D eigenvalue weighted by molar-refractivity contribution is -0.131. The van der Waals surface area contributed by atoms with Gasteiger partial charge in [-0.05, 0) is 56.4 Å². The van der Waals surface area contributed by atoms with E-state index < -0.39 is 15.4 Å². The van der Waals surface area contributed by atoms with Crippen LogP contribution < -0.4 is 0 Å². The van der Waals surface area contributed by atoms with Crippen LogP contribution in [0.3, 0.4) is 0 Å². The van der Waals surface area contributed by atoms with Crippen LogP contribution in [-0.2, 0) is 26.9 Å². The van der Waals surface area contributed by atoms with E-state index in [0.717, 1.165) is 62.6 Å². The molecule has 0 atom stereocenters. The van der Waals surface area contributed by atoms with Crippen molar-refractivity contribution in [3.63, 3.8) is 0 Å². The van der Waals surface area contributed by atoms with E-state index >= 15 is 0 Å². The highest BCUT2D eigenvalue weighted by Crippen LogP contribution is 2.40. The molecule has 3 aromatic rings. The minimum absolute atomic E-state index is 0.0580. The molecule has 8 nitrogen and oxygen atoms in total. The summed E-state index contributed by atoms with van der Waals surface area (Å²) in [5.74, 6) is 1.17. The molecule has 1 saturated carbocycles. The number of aromatic nitrogens is 1. The maximum absolute atomic E-state index is 13.5. The summed E-state index contributed by atoms with van der Waals surface area (Å²) in [6.07, 6.45) is 7.04. The summed E-state index contributed by atoms with van der Waals surface area (Å²) >= 11 is 0. The average molecular weight is 562 g/mol. The van der Waals surface area contributed by atoms with Gasteiger partial charge in [0.1, 0.15) is 28.6 Å². The lowest BCUT2D eigenvalue weighted by Gasteiger charge is -2.23. The van der Waals surface area contributed by atoms with E-state index in [1.807, 2.05) is 6.07 Å². The summed E-state index contributed by atoms with van der Waals surface area (Å²) < 4.78 is 32.2. The SMILES string of the molecule is CCCCC1=NC2(CCCC2)C(=O)N1Cc1ccc(-c2ccccc2S(=O)(=O)Cc2noc(C)c2C)c(C=O)c1. The number of amidine groups is 1. The zero-order chi connectivity index (χ0) is 28.5. The second-order valence-corrected chi connectivity index (χ2v) is 12.8. The minimum atomic E-state index is -3.80. The number of unbranched alkanes of at least 4 members (excludes halogenated alkanes) is 1. The number of carbonyl (C=O) groups excluding carboxylic acids is 2. The van der Waals surface area contributed by atoms with Crippen molar-refractivity contribution in [1.82, 2.24) is 10.1 Å². The fourth-order valence-corrected chi connectivity index (χ4v) is 7.33. The Morgan fingerprint density at radius 2 is 1.82 bits per heavy atom. The lowest BCUT2D eigenvalue weighted by Crippen LogP contribution is -2.40. The molecule has 2 aliphatic rings. The second kappa shape index (κ2) is 11.1. The molecule has 1 spiro atoms. The molecule has 1 aliphatic carbocycles. The third-order valence-corrected chi connectivity index (χ3v) is 9.84. The molecular formula is C31H35N3O5S. The Kier molecular flexibility index (Phi) is 7.77. The van der Waals surface area contributed by atoms with Crippen LogP contribution in [0, 0.1) is 13.8 Å². The summed E-state index contributed by atoms with van der Waals surface area (Å²) in [5.41, 5.74) is 2.58. The van der Waals surface area contributed by atoms with Crippen LogP contribution >= 0.6 is 0 Å². The van der Waals surface area contributed by atoms with Crippen LogP contribution in [0.25, 0.3) is 11.1 Å². The van der Waals surface area contributed by atoms with E-state index in [4.69, 9.17) is 9.52 Å². The van der Waals surface area contributed by atoms with Crippen molar-refractivity contribution in [2.24, 2.45) is 4.99 Å². The summed E-state index contributed by atoms with van der Waals surface area (Å²) in [5, 5.41) is 3.93. The number of nitrogens with zero attached hydrogens (tertiary/aromatic N) is 3. The summed E-state index contributed by atoms with van der Waals surface area (Å²) in [6, 6.07) is 12.1. The number of hydrogen-bond donors (Lipinski definition) is 0. The monoisotopic (exact) mass is 561 g/mol. The van der Waals surface area contributed by atoms with Crippen molar-refractivity contribution in [3.05, 3.63) is 70.6 Å². The zero-order valence-electron chi connectivity index (χ0n) is 23.3. The number of benzene rings is 2. The van der Waals surface area contributed by atoms with Crippen molar-refractivity contribution < 1.29 is 22.5 Å². The molecule has 0 radical (unpaired) electrons. The smallest absolute Gasteiger partial charge is 0.256 e. The van der Waals surface area contributed by atoms with E-state index in [-0.39, 0.29) is 16.6 Å². The minimum Gasteiger partial charge on any atom is -0.361 e. The van der Waals surface area contributed by atoms with Crippen LogP contribution in [0.4, 0.5) is 0 Å². The lowest BCUT2D eigenvalue weighted by atomic mass is 9.96. The quantitative estimate of drug-likeness (QED) is 0.281. The van der Waals surface area contributed by atoms with Crippen molar-refractivity contribution in [2.75, 3.05) is 0 Å². The van der Waals surface area contributed by atoms with Gasteiger partial charge in [0.25, 0.3) is 5.91 Å². The van der Waals surface area contributed by atoms with E-state index in [1.54, 1.807) is 55.1 Å². The molecule has 2 aromatic carbocycles. The Morgan fingerprint density at radius 1 is 1.07 bits per heavy atom. The van der Waals surface area contributed by atoms with Crippen molar-refractivity contribution in [3.8, 4) is 11.1 Å². The van der Waals surface area contributed by atoms with Gasteiger partial charge in [0.15, 0.2) is 16.1 Å². The van der Waals surface area contributed by atoms with Gasteiger partial charge in [-0.25, -0.2) is 8.42 Å². The van der Waals surface area contributed by atoms with Crippen LogP contribution in [0.15, 0.2) is 56.9 Å². The first-order valence-corrected chi connectivity index (χ1v) is 15.6. The normalized spacial score (nSPS) is 16.6. The van der Waals surface area contributed by atoms with Gasteiger partial charge in [0.2, 0.25) is 0 Å². The van der Waals surface area contributed by atoms with Crippen molar-refractivity contribution in [1.29, 1.82) is 0 Å². The molecule has 1 aromatic heterocycles. The molecule has 1 fully saturated rings. The second-order valence-electron chi connectivity index (χ2n) is 10.9. The van der Waals surface area contributed by atoms with E-state index in [0.29, 0.717) is 40.3 Å². The molecule has 1 amide bonds. The molecule has 0 bridgehead atoms. The third kappa shape index (κ3) is 5.14. The van der Waals surface area contributed by atoms with Gasteiger partial charge in [-0.15, -0.1) is 0 Å². The van der Waals surface area contributed by atoms with Crippen molar-refractivity contribution in [2.45, 2.75) is 88.4 Å². The molecule has 0 saturated heterocycles. The summed E-state index contributed by atoms with van der Waals surface area (Å²) in [4.78, 5) is 32.7. The Bertz CT molecular complexity index is 1580. The maximum atomic E-state index is 13.5. The van der Waals surface area contributed by atoms with Crippen LogP contribution in [-0.4, -0.2) is 42.0 Å². The molecule has 9 heteroatoms. The van der Waals surface area contributed by atoms with Gasteiger partial charge in [-0.3, -0.25) is 19.5 Å². The molecule has 0 N–H and O–H groups in total. The van der Waals surface area contributed by atoms with Crippen LogP contribution in [0.1, 0.15) is 84.8 Å². The van der Waals surface area contributed by atoms with E-state index in [2.05, 4.69) is 12.1 Å². The van der Waals surface area contributed by atoms with Gasteiger partial charge in [-0.2, -0.15) is 0 Å². The molecule has 5 rings (SSSR count). The number of rotatable bonds is 10. The van der Waals surface area contributed by atoms with Gasteiger partial charge in [0.05, 0.1) is 11.4 Å². The highest BCUT2D eigenvalue weighted by atomic mass is 32.2.